The molecule has 1 aliphatic rings. The Bertz CT molecular complexity index is 866. The van der Waals surface area contributed by atoms with Gasteiger partial charge in [-0.1, -0.05) is 16.8 Å². The molecule has 0 unspecified atom stereocenters. The van der Waals surface area contributed by atoms with Crippen LogP contribution in [-0.2, 0) is 9.84 Å². The average Bonchev–Trinajstić information content (AvgIpc) is 3.23. The molecule has 0 spiro atoms. The monoisotopic (exact) mass is 353 g/mol. The number of aromatic nitrogens is 1. The van der Waals surface area contributed by atoms with Gasteiger partial charge in [0.15, 0.2) is 15.5 Å². The fraction of sp³-hybridized carbons (Fsp3) is 0.375. The van der Waals surface area contributed by atoms with Crippen molar-refractivity contribution in [2.45, 2.75) is 42.8 Å². The second kappa shape index (κ2) is 5.76. The molecule has 0 atom stereocenters. The third-order valence-electron chi connectivity index (χ3n) is 3.88. The van der Waals surface area contributed by atoms with Crippen LogP contribution in [0.3, 0.4) is 0 Å². The van der Waals surface area contributed by atoms with Crippen LogP contribution in [0.4, 0.5) is 0 Å². The van der Waals surface area contributed by atoms with Gasteiger partial charge in [0.1, 0.15) is 5.76 Å². The number of halogens is 1. The predicted octanol–water partition coefficient (Wildman–Crippen LogP) is 3.62. The molecule has 1 aromatic heterocycles. The molecular weight excluding hydrogens is 338 g/mol. The summed E-state index contributed by atoms with van der Waals surface area (Å²) in [6.45, 7) is 3.19. The van der Waals surface area contributed by atoms with Crippen LogP contribution in [0.1, 0.15) is 54.4 Å². The molecule has 5 nitrogen and oxygen atoms in total. The van der Waals surface area contributed by atoms with Gasteiger partial charge in [-0.05, 0) is 44.9 Å². The maximum absolute atomic E-state index is 12.5. The summed E-state index contributed by atoms with van der Waals surface area (Å²) in [5.74, 6) is 0.695. The van der Waals surface area contributed by atoms with Crippen LogP contribution in [0.2, 0.25) is 5.02 Å². The van der Waals surface area contributed by atoms with E-state index in [4.69, 9.17) is 16.1 Å². The predicted molar refractivity (Wildman–Crippen MR) is 85.7 cm³/mol. The minimum atomic E-state index is -3.44. The summed E-state index contributed by atoms with van der Waals surface area (Å²) < 4.78 is 29.5. The largest absolute Gasteiger partial charge is 0.360 e. The van der Waals surface area contributed by atoms with Crippen molar-refractivity contribution in [2.75, 3.05) is 0 Å². The summed E-state index contributed by atoms with van der Waals surface area (Å²) in [4.78, 5) is 12.6. The van der Waals surface area contributed by atoms with E-state index in [-0.39, 0.29) is 27.0 Å². The Balaban J connectivity index is 1.92. The zero-order valence-electron chi connectivity index (χ0n) is 12.7. The summed E-state index contributed by atoms with van der Waals surface area (Å²) in [5.41, 5.74) is 0.401. The molecule has 122 valence electrons. The second-order valence-corrected chi connectivity index (χ2v) is 8.86. The van der Waals surface area contributed by atoms with Crippen molar-refractivity contribution >= 4 is 27.2 Å². The summed E-state index contributed by atoms with van der Waals surface area (Å²) >= 11 is 6.12. The lowest BCUT2D eigenvalue weighted by Gasteiger charge is -2.09. The first kappa shape index (κ1) is 16.2. The van der Waals surface area contributed by atoms with Crippen molar-refractivity contribution in [3.63, 3.8) is 0 Å². The number of carbonyl (C=O) groups is 1. The summed E-state index contributed by atoms with van der Waals surface area (Å²) in [6.07, 6.45) is 2.09. The summed E-state index contributed by atoms with van der Waals surface area (Å²) in [5, 5.41) is 3.32. The van der Waals surface area contributed by atoms with Crippen molar-refractivity contribution in [3.8, 4) is 0 Å². The molecule has 1 heterocycles. The van der Waals surface area contributed by atoms with Gasteiger partial charge >= 0.3 is 0 Å². The van der Waals surface area contributed by atoms with Gasteiger partial charge in [-0.25, -0.2) is 8.42 Å². The molecule has 3 rings (SSSR count). The van der Waals surface area contributed by atoms with Gasteiger partial charge < -0.3 is 4.52 Å². The van der Waals surface area contributed by atoms with Gasteiger partial charge in [0.25, 0.3) is 0 Å². The first-order valence-electron chi connectivity index (χ1n) is 7.35. The van der Waals surface area contributed by atoms with Gasteiger partial charge in [-0.3, -0.25) is 4.79 Å². The number of carbonyl (C=O) groups excluding carboxylic acids is 1. The standard InChI is InChI=1S/C16H16ClNO4S/c1-9(2)23(20,21)11-5-6-12(13(17)7-11)16(19)14-8-15(22-18-14)10-3-4-10/h5-10H,3-4H2,1-2H3. The van der Waals surface area contributed by atoms with Crippen molar-refractivity contribution < 1.29 is 17.7 Å². The Morgan fingerprint density at radius 1 is 1.30 bits per heavy atom. The molecule has 0 amide bonds. The summed E-state index contributed by atoms with van der Waals surface area (Å²) in [6, 6.07) is 5.77. The maximum atomic E-state index is 12.5. The fourth-order valence-electron chi connectivity index (χ4n) is 2.22. The number of ketones is 1. The Kier molecular flexibility index (Phi) is 4.06. The van der Waals surface area contributed by atoms with Gasteiger partial charge in [0.2, 0.25) is 5.78 Å². The molecule has 1 aromatic carbocycles. The van der Waals surface area contributed by atoms with E-state index in [1.54, 1.807) is 19.9 Å². The first-order valence-corrected chi connectivity index (χ1v) is 9.28. The van der Waals surface area contributed by atoms with Gasteiger partial charge in [0, 0.05) is 17.5 Å². The number of hydrogen-bond donors (Lipinski definition) is 0. The smallest absolute Gasteiger partial charge is 0.216 e. The Labute approximate surface area is 139 Å². The molecule has 0 bridgehead atoms. The molecule has 23 heavy (non-hydrogen) atoms. The zero-order valence-corrected chi connectivity index (χ0v) is 14.3. The molecule has 1 fully saturated rings. The van der Waals surface area contributed by atoms with Crippen molar-refractivity contribution in [3.05, 3.63) is 46.3 Å². The normalized spacial score (nSPS) is 15.1. The molecule has 7 heteroatoms. The van der Waals surface area contributed by atoms with Crippen molar-refractivity contribution in [2.24, 2.45) is 0 Å². The molecule has 0 aliphatic heterocycles. The number of nitrogens with zero attached hydrogens (tertiary/aromatic N) is 1. The lowest BCUT2D eigenvalue weighted by atomic mass is 10.1. The average molecular weight is 354 g/mol. The van der Waals surface area contributed by atoms with Crippen LogP contribution in [0, 0.1) is 0 Å². The van der Waals surface area contributed by atoms with E-state index in [2.05, 4.69) is 5.16 Å². The van der Waals surface area contributed by atoms with Crippen LogP contribution in [0.5, 0.6) is 0 Å². The number of benzene rings is 1. The molecule has 0 radical (unpaired) electrons. The van der Waals surface area contributed by atoms with E-state index in [1.807, 2.05) is 0 Å². The Hall–Kier alpha value is -1.66. The van der Waals surface area contributed by atoms with Crippen LogP contribution < -0.4 is 0 Å². The SMILES string of the molecule is CC(C)S(=O)(=O)c1ccc(C(=O)c2cc(C3CC3)on2)c(Cl)c1. The minimum Gasteiger partial charge on any atom is -0.360 e. The minimum absolute atomic E-state index is 0.0905. The van der Waals surface area contributed by atoms with Crippen molar-refractivity contribution in [1.82, 2.24) is 5.16 Å². The molecule has 1 saturated carbocycles. The van der Waals surface area contributed by atoms with E-state index < -0.39 is 15.1 Å². The fourth-order valence-corrected chi connectivity index (χ4v) is 3.64. The number of sulfone groups is 1. The highest BCUT2D eigenvalue weighted by Gasteiger charge is 2.29. The topological polar surface area (TPSA) is 77.2 Å². The Morgan fingerprint density at radius 3 is 2.57 bits per heavy atom. The number of rotatable bonds is 5. The third-order valence-corrected chi connectivity index (χ3v) is 6.34. The molecular formula is C16H16ClNO4S. The first-order chi connectivity index (χ1) is 10.8. The second-order valence-electron chi connectivity index (χ2n) is 5.95. The van der Waals surface area contributed by atoms with Crippen LogP contribution >= 0.6 is 11.6 Å². The van der Waals surface area contributed by atoms with Gasteiger partial charge in [0.05, 0.1) is 15.2 Å². The molecule has 2 aromatic rings. The highest BCUT2D eigenvalue weighted by atomic mass is 35.5. The van der Waals surface area contributed by atoms with Gasteiger partial charge in [-0.2, -0.15) is 0 Å². The van der Waals surface area contributed by atoms with E-state index in [0.717, 1.165) is 12.8 Å². The molecule has 0 N–H and O–H groups in total. The lowest BCUT2D eigenvalue weighted by Crippen LogP contribution is -2.14. The highest BCUT2D eigenvalue weighted by molar-refractivity contribution is 7.92. The van der Waals surface area contributed by atoms with E-state index in [1.165, 1.54) is 18.2 Å². The van der Waals surface area contributed by atoms with Crippen LogP contribution in [0.15, 0.2) is 33.7 Å². The van der Waals surface area contributed by atoms with Crippen LogP contribution in [0.25, 0.3) is 0 Å². The van der Waals surface area contributed by atoms with E-state index in [9.17, 15) is 13.2 Å². The highest BCUT2D eigenvalue weighted by Crippen LogP contribution is 2.40. The quantitative estimate of drug-likeness (QED) is 0.767. The number of hydrogen-bond acceptors (Lipinski definition) is 5. The molecule has 0 saturated heterocycles. The lowest BCUT2D eigenvalue weighted by molar-refractivity contribution is 0.103. The molecule has 1 aliphatic carbocycles. The van der Waals surface area contributed by atoms with E-state index >= 15 is 0 Å². The van der Waals surface area contributed by atoms with Crippen LogP contribution in [-0.4, -0.2) is 24.6 Å². The van der Waals surface area contributed by atoms with Gasteiger partial charge in [-0.15, -0.1) is 0 Å². The van der Waals surface area contributed by atoms with Crippen molar-refractivity contribution in [1.29, 1.82) is 0 Å². The third kappa shape index (κ3) is 3.05. The van der Waals surface area contributed by atoms with E-state index in [0.29, 0.717) is 11.7 Å². The zero-order chi connectivity index (χ0) is 16.8. The Morgan fingerprint density at radius 2 is 2.00 bits per heavy atom. The summed E-state index contributed by atoms with van der Waals surface area (Å²) in [7, 11) is -3.44. The maximum Gasteiger partial charge on any atom is 0.216 e.